The molecule has 0 unspecified atom stereocenters. The number of nitrogens with zero attached hydrogens (tertiary/aromatic N) is 3. The number of nitrogens with two attached hydrogens (primary N) is 1. The second-order valence-electron chi connectivity index (χ2n) is 5.62. The van der Waals surface area contributed by atoms with Gasteiger partial charge in [0.25, 0.3) is 0 Å². The molecule has 1 aromatic carbocycles. The topological polar surface area (TPSA) is 89.6 Å². The molecule has 6 nitrogen and oxygen atoms in total. The maximum Gasteiger partial charge on any atom is 0.325 e. The first-order chi connectivity index (χ1) is 11.6. The molecule has 118 valence electrons. The highest BCUT2D eigenvalue weighted by molar-refractivity contribution is 6.01. The van der Waals surface area contributed by atoms with Crippen molar-refractivity contribution < 1.29 is 0 Å². The molecular weight excluding hydrogens is 302 g/mol. The minimum atomic E-state index is -0.170. The summed E-state index contributed by atoms with van der Waals surface area (Å²) >= 11 is 0. The van der Waals surface area contributed by atoms with E-state index in [1.807, 2.05) is 36.4 Å². The monoisotopic (exact) mass is 317 g/mol. The van der Waals surface area contributed by atoms with Crippen molar-refractivity contribution in [3.63, 3.8) is 0 Å². The average Bonchev–Trinajstić information content (AvgIpc) is 2.95. The van der Waals surface area contributed by atoms with E-state index < -0.39 is 0 Å². The van der Waals surface area contributed by atoms with Crippen LogP contribution in [0.5, 0.6) is 0 Å². The molecule has 3 N–H and O–H groups in total. The van der Waals surface area contributed by atoms with Gasteiger partial charge in [0, 0.05) is 36.6 Å². The highest BCUT2D eigenvalue weighted by Crippen LogP contribution is 2.31. The van der Waals surface area contributed by atoms with Gasteiger partial charge >= 0.3 is 5.69 Å². The van der Waals surface area contributed by atoms with Crippen molar-refractivity contribution in [2.75, 3.05) is 5.73 Å². The molecule has 0 amide bonds. The summed E-state index contributed by atoms with van der Waals surface area (Å²) in [6.07, 6.45) is 5.22. The first kappa shape index (κ1) is 14.2. The zero-order valence-electron chi connectivity index (χ0n) is 13.0. The number of hydrogen-bond acceptors (Lipinski definition) is 4. The van der Waals surface area contributed by atoms with Crippen LogP contribution in [0.3, 0.4) is 0 Å². The predicted octanol–water partition coefficient (Wildman–Crippen LogP) is 2.57. The molecule has 0 aliphatic rings. The van der Waals surface area contributed by atoms with Crippen molar-refractivity contribution in [1.29, 1.82) is 0 Å². The first-order valence-corrected chi connectivity index (χ1v) is 7.49. The van der Waals surface area contributed by atoms with Gasteiger partial charge in [0.2, 0.25) is 0 Å². The maximum atomic E-state index is 11.6. The lowest BCUT2D eigenvalue weighted by Crippen LogP contribution is -2.11. The fourth-order valence-electron chi connectivity index (χ4n) is 2.81. The second-order valence-corrected chi connectivity index (χ2v) is 5.62. The molecule has 4 aromatic rings. The van der Waals surface area contributed by atoms with E-state index in [4.69, 9.17) is 5.73 Å². The lowest BCUT2D eigenvalue weighted by molar-refractivity contribution is 0.862. The van der Waals surface area contributed by atoms with Crippen LogP contribution in [0.4, 0.5) is 5.82 Å². The van der Waals surface area contributed by atoms with Crippen molar-refractivity contribution in [2.24, 2.45) is 7.05 Å². The molecule has 0 atom stereocenters. The standard InChI is InChI=1S/C18H15N5O/c1-23-10-16(22-18(23)24)15-8-11(6-7-20-15)14-9-21-17(19)13-5-3-2-4-12(13)14/h2-10H,1H3,(H2,19,21)(H,22,24). The highest BCUT2D eigenvalue weighted by atomic mass is 16.1. The summed E-state index contributed by atoms with van der Waals surface area (Å²) in [7, 11) is 1.70. The van der Waals surface area contributed by atoms with E-state index in [-0.39, 0.29) is 5.69 Å². The number of imidazole rings is 1. The number of H-pyrrole nitrogens is 1. The molecule has 0 aliphatic carbocycles. The molecule has 24 heavy (non-hydrogen) atoms. The number of nitrogen functional groups attached to an aromatic ring is 1. The SMILES string of the molecule is Cn1cc(-c2cc(-c3cnc(N)c4ccccc34)ccn2)[nH]c1=O. The smallest absolute Gasteiger partial charge is 0.325 e. The van der Waals surface area contributed by atoms with Gasteiger partial charge in [0.05, 0.1) is 11.4 Å². The predicted molar refractivity (Wildman–Crippen MR) is 94.4 cm³/mol. The summed E-state index contributed by atoms with van der Waals surface area (Å²) in [5, 5.41) is 1.95. The van der Waals surface area contributed by atoms with Gasteiger partial charge in [0.15, 0.2) is 0 Å². The van der Waals surface area contributed by atoms with E-state index in [0.717, 1.165) is 21.9 Å². The first-order valence-electron chi connectivity index (χ1n) is 7.49. The molecule has 0 fully saturated rings. The Balaban J connectivity index is 1.91. The fourth-order valence-corrected chi connectivity index (χ4v) is 2.81. The summed E-state index contributed by atoms with van der Waals surface area (Å²) in [6.45, 7) is 0. The minimum absolute atomic E-state index is 0.170. The molecule has 4 rings (SSSR count). The Morgan fingerprint density at radius 1 is 1.12 bits per heavy atom. The lowest BCUT2D eigenvalue weighted by atomic mass is 10.0. The average molecular weight is 317 g/mol. The van der Waals surface area contributed by atoms with Crippen LogP contribution < -0.4 is 11.4 Å². The van der Waals surface area contributed by atoms with Crippen LogP contribution in [0, 0.1) is 0 Å². The molecule has 0 saturated carbocycles. The van der Waals surface area contributed by atoms with Gasteiger partial charge in [-0.2, -0.15) is 0 Å². The Morgan fingerprint density at radius 3 is 2.67 bits per heavy atom. The van der Waals surface area contributed by atoms with Crippen molar-refractivity contribution in [1.82, 2.24) is 19.5 Å². The number of nitrogens with one attached hydrogen (secondary N) is 1. The Morgan fingerprint density at radius 2 is 1.92 bits per heavy atom. The number of pyridine rings is 2. The molecule has 3 aromatic heterocycles. The van der Waals surface area contributed by atoms with Crippen molar-refractivity contribution >= 4 is 16.6 Å². The third kappa shape index (κ3) is 2.25. The summed E-state index contributed by atoms with van der Waals surface area (Å²) < 4.78 is 1.49. The zero-order valence-corrected chi connectivity index (χ0v) is 13.0. The van der Waals surface area contributed by atoms with Crippen LogP contribution in [-0.2, 0) is 7.05 Å². The molecule has 0 saturated heterocycles. The Hall–Kier alpha value is -3.41. The number of hydrogen-bond donors (Lipinski definition) is 2. The Bertz CT molecular complexity index is 1110. The molecular formula is C18H15N5O. The number of rotatable bonds is 2. The lowest BCUT2D eigenvalue weighted by Gasteiger charge is -2.09. The Labute approximate surface area is 137 Å². The molecule has 6 heteroatoms. The molecule has 0 spiro atoms. The summed E-state index contributed by atoms with van der Waals surface area (Å²) in [5.41, 5.74) is 9.13. The number of fused-ring (bicyclic) bond motifs is 1. The van der Waals surface area contributed by atoms with Crippen molar-refractivity contribution in [2.45, 2.75) is 0 Å². The van der Waals surface area contributed by atoms with Gasteiger partial charge in [0.1, 0.15) is 5.82 Å². The summed E-state index contributed by atoms with van der Waals surface area (Å²) in [5.74, 6) is 0.510. The highest BCUT2D eigenvalue weighted by Gasteiger charge is 2.10. The van der Waals surface area contributed by atoms with Crippen molar-refractivity contribution in [3.8, 4) is 22.5 Å². The van der Waals surface area contributed by atoms with Crippen LogP contribution in [0.25, 0.3) is 33.3 Å². The third-order valence-electron chi connectivity index (χ3n) is 4.06. The summed E-state index contributed by atoms with van der Waals surface area (Å²) in [4.78, 5) is 23.1. The van der Waals surface area contributed by atoms with E-state index in [1.54, 1.807) is 25.6 Å². The van der Waals surface area contributed by atoms with Gasteiger partial charge < -0.3 is 15.3 Å². The van der Waals surface area contributed by atoms with Gasteiger partial charge in [-0.05, 0) is 23.1 Å². The van der Waals surface area contributed by atoms with Gasteiger partial charge in [-0.1, -0.05) is 24.3 Å². The molecule has 0 aliphatic heterocycles. The van der Waals surface area contributed by atoms with E-state index >= 15 is 0 Å². The molecule has 0 bridgehead atoms. The van der Waals surface area contributed by atoms with Crippen LogP contribution in [0.2, 0.25) is 0 Å². The van der Waals surface area contributed by atoms with Gasteiger partial charge in [-0.15, -0.1) is 0 Å². The van der Waals surface area contributed by atoms with Crippen LogP contribution in [0.1, 0.15) is 0 Å². The number of benzene rings is 1. The number of aromatic nitrogens is 4. The van der Waals surface area contributed by atoms with E-state index in [2.05, 4.69) is 15.0 Å². The number of anilines is 1. The molecule has 3 heterocycles. The third-order valence-corrected chi connectivity index (χ3v) is 4.06. The van der Waals surface area contributed by atoms with Crippen LogP contribution >= 0.6 is 0 Å². The minimum Gasteiger partial charge on any atom is -0.383 e. The van der Waals surface area contributed by atoms with Crippen molar-refractivity contribution in [3.05, 3.63) is 65.5 Å². The zero-order chi connectivity index (χ0) is 16.7. The van der Waals surface area contributed by atoms with Crippen LogP contribution in [-0.4, -0.2) is 19.5 Å². The van der Waals surface area contributed by atoms with E-state index in [9.17, 15) is 4.79 Å². The van der Waals surface area contributed by atoms with E-state index in [1.165, 1.54) is 4.57 Å². The largest absolute Gasteiger partial charge is 0.383 e. The van der Waals surface area contributed by atoms with E-state index in [0.29, 0.717) is 17.2 Å². The van der Waals surface area contributed by atoms with Crippen LogP contribution in [0.15, 0.2) is 59.8 Å². The number of aryl methyl sites for hydroxylation is 1. The van der Waals surface area contributed by atoms with Gasteiger partial charge in [-0.3, -0.25) is 4.98 Å². The summed E-state index contributed by atoms with van der Waals surface area (Å²) in [6, 6.07) is 11.7. The quantitative estimate of drug-likeness (QED) is 0.594. The second kappa shape index (κ2) is 5.34. The normalized spacial score (nSPS) is 11.0. The maximum absolute atomic E-state index is 11.6. The fraction of sp³-hybridized carbons (Fsp3) is 0.0556. The molecule has 0 radical (unpaired) electrons. The van der Waals surface area contributed by atoms with Gasteiger partial charge in [-0.25, -0.2) is 9.78 Å². The Kier molecular flexibility index (Phi) is 3.16. The number of aromatic amines is 1.